The van der Waals surface area contributed by atoms with Crippen LogP contribution < -0.4 is 10.4 Å². The summed E-state index contributed by atoms with van der Waals surface area (Å²) in [4.78, 5) is 0. The minimum absolute atomic E-state index is 0.0701. The van der Waals surface area contributed by atoms with Gasteiger partial charge in [0.15, 0.2) is 0 Å². The van der Waals surface area contributed by atoms with Crippen LogP contribution in [-0.4, -0.2) is 26.6 Å². The Morgan fingerprint density at radius 3 is 2.20 bits per heavy atom. The quantitative estimate of drug-likeness (QED) is 0.165. The lowest BCUT2D eigenvalue weighted by Gasteiger charge is -2.43. The standard InChI is InChI=1S/C43H62O2Si/c1-32(2)21-24-39-34(5)22-25-40(39)35(23-26-41-38(33(3)4)27-29-43(41,9)28-16-30-44)31-45-46(42(6,7)8,36-17-12-10-13-18-36)37-19-14-11-15-20-37/h10-20,23,25,28,33-34,38-39,41,44H,1,21-22,24,26-27,29-31H2,2-9H3/b28-16+,35-23-/t34-,38+,39-,41-,43-/m0/s1. The summed E-state index contributed by atoms with van der Waals surface area (Å²) in [5.41, 5.74) is 4.27. The highest BCUT2D eigenvalue weighted by Gasteiger charge is 2.50. The molecule has 4 rings (SSSR count). The van der Waals surface area contributed by atoms with Crippen molar-refractivity contribution in [3.63, 3.8) is 0 Å². The summed E-state index contributed by atoms with van der Waals surface area (Å²) < 4.78 is 7.62. The maximum absolute atomic E-state index is 9.68. The third-order valence-electron chi connectivity index (χ3n) is 11.4. The number of aliphatic hydroxyl groups excluding tert-OH is 1. The number of allylic oxidation sites excluding steroid dienone is 4. The molecule has 0 spiro atoms. The molecule has 0 radical (unpaired) electrons. The van der Waals surface area contributed by atoms with E-state index in [9.17, 15) is 5.11 Å². The molecule has 2 aromatic rings. The summed E-state index contributed by atoms with van der Waals surface area (Å²) in [5, 5.41) is 12.3. The van der Waals surface area contributed by atoms with Crippen molar-refractivity contribution in [2.24, 2.45) is 35.0 Å². The lowest BCUT2D eigenvalue weighted by Crippen LogP contribution is -2.66. The molecule has 250 valence electrons. The van der Waals surface area contributed by atoms with Gasteiger partial charge in [-0.05, 0) is 107 Å². The second kappa shape index (κ2) is 15.6. The maximum Gasteiger partial charge on any atom is 0.261 e. The summed E-state index contributed by atoms with van der Waals surface area (Å²) in [7, 11) is -2.70. The van der Waals surface area contributed by atoms with Gasteiger partial charge in [-0.1, -0.05) is 139 Å². The van der Waals surface area contributed by atoms with Crippen LogP contribution in [0.3, 0.4) is 0 Å². The molecule has 5 atom stereocenters. The fraction of sp³-hybridized carbons (Fsp3) is 0.535. The molecule has 2 aliphatic rings. The molecule has 0 aromatic heterocycles. The van der Waals surface area contributed by atoms with Crippen molar-refractivity contribution >= 4 is 18.7 Å². The Hall–Kier alpha value is -2.46. The van der Waals surface area contributed by atoms with Gasteiger partial charge in [0, 0.05) is 0 Å². The molecule has 0 heterocycles. The molecule has 0 amide bonds. The lowest BCUT2D eigenvalue weighted by molar-refractivity contribution is 0.212. The number of hydrogen-bond donors (Lipinski definition) is 1. The molecular weight excluding hydrogens is 577 g/mol. The molecule has 0 saturated heterocycles. The average Bonchev–Trinajstić information content (AvgIpc) is 3.56. The minimum atomic E-state index is -2.70. The van der Waals surface area contributed by atoms with E-state index >= 15 is 0 Å². The third-order valence-corrected chi connectivity index (χ3v) is 16.4. The van der Waals surface area contributed by atoms with E-state index in [1.54, 1.807) is 0 Å². The highest BCUT2D eigenvalue weighted by Crippen LogP contribution is 2.53. The zero-order valence-electron chi connectivity index (χ0n) is 30.2. The molecule has 1 N–H and O–H groups in total. The van der Waals surface area contributed by atoms with E-state index in [1.807, 2.05) is 6.08 Å². The van der Waals surface area contributed by atoms with Crippen LogP contribution in [0.25, 0.3) is 0 Å². The number of benzene rings is 2. The fourth-order valence-electron chi connectivity index (χ4n) is 8.75. The topological polar surface area (TPSA) is 29.5 Å². The predicted octanol–water partition coefficient (Wildman–Crippen LogP) is 10.1. The van der Waals surface area contributed by atoms with Gasteiger partial charge >= 0.3 is 0 Å². The van der Waals surface area contributed by atoms with Gasteiger partial charge in [0.25, 0.3) is 8.32 Å². The SMILES string of the molecule is C=C(C)CC[C@@H]1C(/C(=C\C[C@H]2[C@@H](C(C)C)CC[C@]2(C)/C=C/CO)CO[Si](c2ccccc2)(c2ccccc2)C(C)(C)C)=CC[C@@H]1C. The Morgan fingerprint density at radius 2 is 1.67 bits per heavy atom. The molecular formula is C43H62O2Si. The van der Waals surface area contributed by atoms with Crippen molar-refractivity contribution in [3.05, 3.63) is 108 Å². The van der Waals surface area contributed by atoms with E-state index in [0.717, 1.165) is 25.7 Å². The molecule has 0 unspecified atom stereocenters. The van der Waals surface area contributed by atoms with E-state index in [4.69, 9.17) is 4.43 Å². The fourth-order valence-corrected chi connectivity index (χ4v) is 13.3. The smallest absolute Gasteiger partial charge is 0.261 e. The number of aliphatic hydroxyl groups is 1. The first-order chi connectivity index (χ1) is 21.8. The van der Waals surface area contributed by atoms with Crippen molar-refractivity contribution in [2.75, 3.05) is 13.2 Å². The van der Waals surface area contributed by atoms with Gasteiger partial charge in [-0.3, -0.25) is 0 Å². The summed E-state index contributed by atoms with van der Waals surface area (Å²) >= 11 is 0. The Kier molecular flexibility index (Phi) is 12.4. The number of rotatable bonds is 14. The monoisotopic (exact) mass is 638 g/mol. The van der Waals surface area contributed by atoms with Gasteiger partial charge in [0.1, 0.15) is 0 Å². The Balaban J connectivity index is 1.80. The van der Waals surface area contributed by atoms with E-state index in [1.165, 1.54) is 39.9 Å². The third kappa shape index (κ3) is 7.97. The molecule has 2 aliphatic carbocycles. The average molecular weight is 639 g/mol. The van der Waals surface area contributed by atoms with Gasteiger partial charge in [0.2, 0.25) is 0 Å². The van der Waals surface area contributed by atoms with Crippen LogP contribution in [0.1, 0.15) is 93.9 Å². The molecule has 2 nitrogen and oxygen atoms in total. The van der Waals surface area contributed by atoms with E-state index < -0.39 is 8.32 Å². The zero-order chi connectivity index (χ0) is 33.5. The van der Waals surface area contributed by atoms with Crippen LogP contribution >= 0.6 is 0 Å². The molecule has 0 aliphatic heterocycles. The predicted molar refractivity (Wildman–Crippen MR) is 201 cm³/mol. The minimum Gasteiger partial charge on any atom is -0.403 e. The van der Waals surface area contributed by atoms with Crippen LogP contribution in [0.2, 0.25) is 5.04 Å². The molecule has 3 heteroatoms. The van der Waals surface area contributed by atoms with Crippen LogP contribution in [0.4, 0.5) is 0 Å². The van der Waals surface area contributed by atoms with Gasteiger partial charge < -0.3 is 9.53 Å². The second-order valence-corrected chi connectivity index (χ2v) is 20.3. The van der Waals surface area contributed by atoms with Crippen LogP contribution in [0.15, 0.2) is 108 Å². The Morgan fingerprint density at radius 1 is 1.07 bits per heavy atom. The molecule has 1 saturated carbocycles. The Labute approximate surface area is 282 Å². The summed E-state index contributed by atoms with van der Waals surface area (Å²) in [5.74, 6) is 2.98. The van der Waals surface area contributed by atoms with Crippen molar-refractivity contribution < 1.29 is 9.53 Å². The van der Waals surface area contributed by atoms with Crippen LogP contribution in [-0.2, 0) is 4.43 Å². The first-order valence-electron chi connectivity index (χ1n) is 17.9. The second-order valence-electron chi connectivity index (χ2n) is 16.0. The Bertz CT molecular complexity index is 1320. The highest BCUT2D eigenvalue weighted by atomic mass is 28.4. The van der Waals surface area contributed by atoms with Crippen molar-refractivity contribution in [1.29, 1.82) is 0 Å². The number of hydrogen-bond acceptors (Lipinski definition) is 2. The van der Waals surface area contributed by atoms with E-state index in [2.05, 4.69) is 141 Å². The van der Waals surface area contributed by atoms with E-state index in [-0.39, 0.29) is 17.1 Å². The normalized spacial score (nSPS) is 25.9. The lowest BCUT2D eigenvalue weighted by atomic mass is 9.71. The van der Waals surface area contributed by atoms with Crippen LogP contribution in [0, 0.1) is 35.0 Å². The molecule has 46 heavy (non-hydrogen) atoms. The van der Waals surface area contributed by atoms with Gasteiger partial charge in [0.05, 0.1) is 13.2 Å². The van der Waals surface area contributed by atoms with E-state index in [0.29, 0.717) is 36.2 Å². The van der Waals surface area contributed by atoms with Crippen molar-refractivity contribution in [2.45, 2.75) is 99.0 Å². The molecule has 2 aromatic carbocycles. The van der Waals surface area contributed by atoms with Crippen LogP contribution in [0.5, 0.6) is 0 Å². The summed E-state index contributed by atoms with van der Waals surface area (Å²) in [6.45, 7) is 23.9. The highest BCUT2D eigenvalue weighted by molar-refractivity contribution is 6.99. The van der Waals surface area contributed by atoms with Gasteiger partial charge in [-0.25, -0.2) is 0 Å². The van der Waals surface area contributed by atoms with Crippen molar-refractivity contribution in [3.8, 4) is 0 Å². The first-order valence-corrected chi connectivity index (χ1v) is 19.8. The largest absolute Gasteiger partial charge is 0.403 e. The maximum atomic E-state index is 9.68. The summed E-state index contributed by atoms with van der Waals surface area (Å²) in [6, 6.07) is 22.1. The summed E-state index contributed by atoms with van der Waals surface area (Å²) in [6.07, 6.45) is 16.2. The van der Waals surface area contributed by atoms with Gasteiger partial charge in [-0.15, -0.1) is 6.58 Å². The molecule has 0 bridgehead atoms. The molecule has 1 fully saturated rings. The zero-order valence-corrected chi connectivity index (χ0v) is 31.2. The van der Waals surface area contributed by atoms with Gasteiger partial charge in [-0.2, -0.15) is 0 Å². The first kappa shape index (κ1) is 36.4. The van der Waals surface area contributed by atoms with Crippen molar-refractivity contribution in [1.82, 2.24) is 0 Å².